The smallest absolute Gasteiger partial charge is 0.119 e. The lowest BCUT2D eigenvalue weighted by Gasteiger charge is -2.31. The molecule has 0 aliphatic rings. The first-order valence-electron chi connectivity index (χ1n) is 6.02. The molecule has 0 amide bonds. The lowest BCUT2D eigenvalue weighted by molar-refractivity contribution is 0.305. The van der Waals surface area contributed by atoms with Gasteiger partial charge in [0.15, 0.2) is 0 Å². The van der Waals surface area contributed by atoms with Crippen molar-refractivity contribution in [2.45, 2.75) is 39.2 Å². The summed E-state index contributed by atoms with van der Waals surface area (Å²) in [6.07, 6.45) is 1.94. The van der Waals surface area contributed by atoms with Crippen LogP contribution in [0.1, 0.15) is 32.8 Å². The summed E-state index contributed by atoms with van der Waals surface area (Å²) in [5, 5.41) is 0. The van der Waals surface area contributed by atoms with Crippen molar-refractivity contribution in [2.24, 2.45) is 11.7 Å². The Morgan fingerprint density at radius 2 is 2.12 bits per heavy atom. The van der Waals surface area contributed by atoms with E-state index >= 15 is 0 Å². The van der Waals surface area contributed by atoms with Crippen LogP contribution in [0.3, 0.4) is 0 Å². The highest BCUT2D eigenvalue weighted by molar-refractivity contribution is 9.10. The van der Waals surface area contributed by atoms with Gasteiger partial charge in [0.2, 0.25) is 0 Å². The Balaban J connectivity index is 2.94. The molecule has 0 aromatic heterocycles. The molecule has 0 radical (unpaired) electrons. The van der Waals surface area contributed by atoms with E-state index in [0.29, 0.717) is 5.92 Å². The van der Waals surface area contributed by atoms with Crippen LogP contribution in [0.4, 0.5) is 0 Å². The second-order valence-electron chi connectivity index (χ2n) is 4.95. The number of hydrogen-bond donors (Lipinski definition) is 1. The molecule has 2 atom stereocenters. The van der Waals surface area contributed by atoms with Crippen LogP contribution in [-0.4, -0.2) is 12.6 Å². The number of nitrogens with two attached hydrogens (primary N) is 1. The van der Waals surface area contributed by atoms with Gasteiger partial charge in [-0.1, -0.05) is 36.2 Å². The maximum absolute atomic E-state index is 6.40. The van der Waals surface area contributed by atoms with Crippen LogP contribution in [-0.2, 0) is 6.42 Å². The summed E-state index contributed by atoms with van der Waals surface area (Å²) in [5.41, 5.74) is 7.41. The van der Waals surface area contributed by atoms with E-state index in [2.05, 4.69) is 42.8 Å². The van der Waals surface area contributed by atoms with Crippen LogP contribution < -0.4 is 10.5 Å². The maximum Gasteiger partial charge on any atom is 0.119 e. The fraction of sp³-hybridized carbons (Fsp3) is 0.571. The van der Waals surface area contributed by atoms with E-state index < -0.39 is 0 Å². The van der Waals surface area contributed by atoms with E-state index in [0.717, 1.165) is 23.1 Å². The number of ether oxygens (including phenoxy) is 1. The number of halogens is 1. The number of rotatable bonds is 5. The molecular weight excluding hydrogens is 278 g/mol. The molecule has 0 aliphatic carbocycles. The van der Waals surface area contributed by atoms with Gasteiger partial charge >= 0.3 is 0 Å². The van der Waals surface area contributed by atoms with Crippen molar-refractivity contribution in [2.75, 3.05) is 7.11 Å². The van der Waals surface area contributed by atoms with Gasteiger partial charge in [-0.05, 0) is 43.0 Å². The zero-order valence-electron chi connectivity index (χ0n) is 11.1. The van der Waals surface area contributed by atoms with E-state index in [9.17, 15) is 0 Å². The van der Waals surface area contributed by atoms with Gasteiger partial charge < -0.3 is 10.5 Å². The van der Waals surface area contributed by atoms with Gasteiger partial charge in [0.1, 0.15) is 5.75 Å². The number of hydrogen-bond acceptors (Lipinski definition) is 2. The van der Waals surface area contributed by atoms with E-state index in [-0.39, 0.29) is 5.54 Å². The molecule has 2 nitrogen and oxygen atoms in total. The molecule has 17 heavy (non-hydrogen) atoms. The minimum Gasteiger partial charge on any atom is -0.497 e. The third-order valence-corrected chi connectivity index (χ3v) is 4.34. The second-order valence-corrected chi connectivity index (χ2v) is 5.80. The third-order valence-electron chi connectivity index (χ3n) is 3.56. The van der Waals surface area contributed by atoms with Gasteiger partial charge in [0.05, 0.1) is 7.11 Å². The topological polar surface area (TPSA) is 35.2 Å². The SMILES string of the molecule is CCC(C)C(C)(N)Cc1cc(OC)ccc1Br. The van der Waals surface area contributed by atoms with Crippen molar-refractivity contribution in [1.82, 2.24) is 0 Å². The summed E-state index contributed by atoms with van der Waals surface area (Å²) < 4.78 is 6.35. The summed E-state index contributed by atoms with van der Waals surface area (Å²) in [4.78, 5) is 0. The third kappa shape index (κ3) is 3.71. The summed E-state index contributed by atoms with van der Waals surface area (Å²) in [5.74, 6) is 1.36. The van der Waals surface area contributed by atoms with Gasteiger partial charge in [-0.15, -0.1) is 0 Å². The maximum atomic E-state index is 6.40. The van der Waals surface area contributed by atoms with Gasteiger partial charge in [-0.25, -0.2) is 0 Å². The normalized spacial score (nSPS) is 16.4. The molecule has 0 spiro atoms. The van der Waals surface area contributed by atoms with E-state index in [1.807, 2.05) is 12.1 Å². The second kappa shape index (κ2) is 5.87. The molecule has 96 valence electrons. The zero-order chi connectivity index (χ0) is 13.1. The van der Waals surface area contributed by atoms with E-state index in [1.54, 1.807) is 7.11 Å². The summed E-state index contributed by atoms with van der Waals surface area (Å²) in [6, 6.07) is 6.02. The lowest BCUT2D eigenvalue weighted by Crippen LogP contribution is -2.44. The molecule has 0 saturated heterocycles. The monoisotopic (exact) mass is 299 g/mol. The molecule has 0 aliphatic heterocycles. The molecule has 0 saturated carbocycles. The van der Waals surface area contributed by atoms with Gasteiger partial charge in [-0.2, -0.15) is 0 Å². The predicted octanol–water partition coefficient (Wildman–Crippen LogP) is 3.76. The molecule has 2 N–H and O–H groups in total. The molecule has 0 bridgehead atoms. The van der Waals surface area contributed by atoms with Crippen molar-refractivity contribution in [3.8, 4) is 5.75 Å². The Bertz CT molecular complexity index is 376. The Labute approximate surface area is 113 Å². The van der Waals surface area contributed by atoms with Crippen molar-refractivity contribution < 1.29 is 4.74 Å². The van der Waals surface area contributed by atoms with E-state index in [4.69, 9.17) is 10.5 Å². The first kappa shape index (κ1) is 14.5. The van der Waals surface area contributed by atoms with Crippen LogP contribution in [0.15, 0.2) is 22.7 Å². The van der Waals surface area contributed by atoms with Crippen molar-refractivity contribution >= 4 is 15.9 Å². The van der Waals surface area contributed by atoms with Gasteiger partial charge in [0.25, 0.3) is 0 Å². The van der Waals surface area contributed by atoms with Crippen LogP contribution in [0.5, 0.6) is 5.75 Å². The average Bonchev–Trinajstić information content (AvgIpc) is 2.30. The first-order chi connectivity index (χ1) is 7.90. The predicted molar refractivity (Wildman–Crippen MR) is 76.4 cm³/mol. The van der Waals surface area contributed by atoms with Crippen molar-refractivity contribution in [1.29, 1.82) is 0 Å². The summed E-state index contributed by atoms with van der Waals surface area (Å²) in [6.45, 7) is 6.50. The highest BCUT2D eigenvalue weighted by atomic mass is 79.9. The number of benzene rings is 1. The first-order valence-corrected chi connectivity index (χ1v) is 6.81. The van der Waals surface area contributed by atoms with Crippen LogP contribution >= 0.6 is 15.9 Å². The zero-order valence-corrected chi connectivity index (χ0v) is 12.7. The molecule has 1 aromatic carbocycles. The minimum atomic E-state index is -0.191. The molecule has 0 heterocycles. The Kier molecular flexibility index (Phi) is 5.02. The van der Waals surface area contributed by atoms with Gasteiger partial charge in [-0.3, -0.25) is 0 Å². The van der Waals surface area contributed by atoms with Crippen molar-refractivity contribution in [3.05, 3.63) is 28.2 Å². The fourth-order valence-electron chi connectivity index (χ4n) is 1.86. The van der Waals surface area contributed by atoms with Crippen LogP contribution in [0, 0.1) is 5.92 Å². The average molecular weight is 300 g/mol. The minimum absolute atomic E-state index is 0.191. The lowest BCUT2D eigenvalue weighted by atomic mass is 9.81. The molecule has 1 rings (SSSR count). The largest absolute Gasteiger partial charge is 0.497 e. The quantitative estimate of drug-likeness (QED) is 0.898. The molecule has 0 fully saturated rings. The fourth-order valence-corrected chi connectivity index (χ4v) is 2.25. The van der Waals surface area contributed by atoms with Gasteiger partial charge in [0, 0.05) is 10.0 Å². The Morgan fingerprint density at radius 3 is 2.65 bits per heavy atom. The Hall–Kier alpha value is -0.540. The highest BCUT2D eigenvalue weighted by Crippen LogP contribution is 2.29. The molecule has 1 aromatic rings. The molecule has 2 unspecified atom stereocenters. The highest BCUT2D eigenvalue weighted by Gasteiger charge is 2.26. The Morgan fingerprint density at radius 1 is 1.47 bits per heavy atom. The summed E-state index contributed by atoms with van der Waals surface area (Å²) >= 11 is 3.57. The number of methoxy groups -OCH3 is 1. The van der Waals surface area contributed by atoms with E-state index in [1.165, 1.54) is 5.56 Å². The molecule has 3 heteroatoms. The van der Waals surface area contributed by atoms with Crippen molar-refractivity contribution in [3.63, 3.8) is 0 Å². The molecular formula is C14H22BrNO. The van der Waals surface area contributed by atoms with Crippen LogP contribution in [0.2, 0.25) is 0 Å². The standard InChI is InChI=1S/C14H22BrNO/c1-5-10(2)14(3,16)9-11-8-12(17-4)6-7-13(11)15/h6-8,10H,5,9,16H2,1-4H3. The summed E-state index contributed by atoms with van der Waals surface area (Å²) in [7, 11) is 1.68. The van der Waals surface area contributed by atoms with Crippen LogP contribution in [0.25, 0.3) is 0 Å².